The summed E-state index contributed by atoms with van der Waals surface area (Å²) in [6.45, 7) is 19.5. The van der Waals surface area contributed by atoms with Crippen molar-refractivity contribution >= 4 is 32.6 Å². The molecule has 0 spiro atoms. The molecule has 0 saturated heterocycles. The fourth-order valence-corrected chi connectivity index (χ4v) is 7.13. The van der Waals surface area contributed by atoms with Crippen LogP contribution in [-0.2, 0) is 0 Å². The smallest absolute Gasteiger partial charge is 0.0656 e. The van der Waals surface area contributed by atoms with Gasteiger partial charge in [-0.15, -0.1) is 0 Å². The van der Waals surface area contributed by atoms with Crippen molar-refractivity contribution in [2.75, 3.05) is 0 Å². The first-order chi connectivity index (χ1) is 15.5. The Morgan fingerprint density at radius 2 is 1.33 bits per heavy atom. The Morgan fingerprint density at radius 1 is 0.727 bits per heavy atom. The maximum absolute atomic E-state index is 2.54. The van der Waals surface area contributed by atoms with Gasteiger partial charge in [-0.05, 0) is 45.7 Å². The molecule has 0 N–H and O–H groups in total. The van der Waals surface area contributed by atoms with E-state index in [1.54, 1.807) is 10.4 Å². The van der Waals surface area contributed by atoms with Crippen LogP contribution in [0.4, 0.5) is 0 Å². The molecule has 0 saturated carbocycles. The lowest BCUT2D eigenvalue weighted by Crippen LogP contribution is -2.45. The Bertz CT molecular complexity index is 1160. The topological polar surface area (TPSA) is 0 Å². The summed E-state index contributed by atoms with van der Waals surface area (Å²) in [5.41, 5.74) is 9.69. The second kappa shape index (κ2) is 8.89. The van der Waals surface area contributed by atoms with Gasteiger partial charge in [0, 0.05) is 6.42 Å². The van der Waals surface area contributed by atoms with Gasteiger partial charge in [-0.2, -0.15) is 0 Å². The fraction of sp³-hybridized carbons (Fsp3) is 0.323. The molecule has 171 valence electrons. The molecule has 1 aliphatic carbocycles. The van der Waals surface area contributed by atoms with Crippen LogP contribution in [0.1, 0.15) is 31.4 Å². The Hall–Kier alpha value is -2.17. The second-order valence-electron chi connectivity index (χ2n) is 11.8. The number of hydrogen-bond donors (Lipinski definition) is 0. The molecule has 2 heteroatoms. The van der Waals surface area contributed by atoms with Crippen molar-refractivity contribution in [3.8, 4) is 22.3 Å². The van der Waals surface area contributed by atoms with Gasteiger partial charge in [0.15, 0.2) is 0 Å². The zero-order chi connectivity index (χ0) is 24.0. The van der Waals surface area contributed by atoms with Gasteiger partial charge in [0.1, 0.15) is 0 Å². The molecule has 0 aliphatic heterocycles. The van der Waals surface area contributed by atoms with E-state index in [1.807, 2.05) is 0 Å². The van der Waals surface area contributed by atoms with Crippen molar-refractivity contribution in [3.05, 3.63) is 83.8 Å². The molecule has 0 heterocycles. The lowest BCUT2D eigenvalue weighted by Gasteiger charge is -2.25. The quantitative estimate of drug-likeness (QED) is 0.321. The van der Waals surface area contributed by atoms with E-state index in [2.05, 4.69) is 126 Å². The Morgan fingerprint density at radius 3 is 1.88 bits per heavy atom. The van der Waals surface area contributed by atoms with Gasteiger partial charge in [0.2, 0.25) is 0 Å². The summed E-state index contributed by atoms with van der Waals surface area (Å²) < 4.78 is 0. The van der Waals surface area contributed by atoms with Crippen LogP contribution in [0, 0.1) is 12.3 Å². The fourth-order valence-electron chi connectivity index (χ4n) is 4.63. The summed E-state index contributed by atoms with van der Waals surface area (Å²) in [5, 5.41) is 3.14. The number of hydrogen-bond acceptors (Lipinski definition) is 0. The maximum atomic E-state index is 2.54. The molecule has 33 heavy (non-hydrogen) atoms. The molecule has 4 rings (SSSR count). The van der Waals surface area contributed by atoms with Gasteiger partial charge in [0.25, 0.3) is 0 Å². The minimum Gasteiger partial charge on any atom is -0.0656 e. The monoisotopic (exact) mass is 467 g/mol. The minimum atomic E-state index is -1.47. The largest absolute Gasteiger partial charge is 0.0776 e. The maximum Gasteiger partial charge on any atom is 0.0776 e. The van der Waals surface area contributed by atoms with Gasteiger partial charge < -0.3 is 0 Å². The average molecular weight is 468 g/mol. The molecule has 0 aromatic heterocycles. The van der Waals surface area contributed by atoms with Crippen molar-refractivity contribution in [2.24, 2.45) is 5.92 Å². The van der Waals surface area contributed by atoms with E-state index in [-0.39, 0.29) is 0 Å². The highest BCUT2D eigenvalue weighted by Crippen LogP contribution is 2.43. The summed E-state index contributed by atoms with van der Waals surface area (Å²) >= 11 is 0. The third-order valence-electron chi connectivity index (χ3n) is 7.13. The average Bonchev–Trinajstić information content (AvgIpc) is 3.21. The van der Waals surface area contributed by atoms with Gasteiger partial charge in [-0.1, -0.05) is 136 Å². The normalized spacial score (nSPS) is 14.7. The van der Waals surface area contributed by atoms with Crippen LogP contribution in [0.25, 0.3) is 28.3 Å². The van der Waals surface area contributed by atoms with Crippen molar-refractivity contribution in [1.82, 2.24) is 0 Å². The Kier molecular flexibility index (Phi) is 6.46. The highest BCUT2D eigenvalue weighted by Gasteiger charge is 2.27. The first-order valence-corrected chi connectivity index (χ1v) is 19.4. The first-order valence-electron chi connectivity index (χ1n) is 12.4. The van der Waals surface area contributed by atoms with E-state index < -0.39 is 16.1 Å². The zero-order valence-corrected chi connectivity index (χ0v) is 23.7. The van der Waals surface area contributed by atoms with Crippen LogP contribution in [0.5, 0.6) is 0 Å². The van der Waals surface area contributed by atoms with Crippen molar-refractivity contribution < 1.29 is 0 Å². The van der Waals surface area contributed by atoms with E-state index in [9.17, 15) is 0 Å². The second-order valence-corrected chi connectivity index (χ2v) is 21.9. The molecule has 1 atom stereocenters. The molecular weight excluding hydrogens is 429 g/mol. The van der Waals surface area contributed by atoms with Crippen LogP contribution in [0.15, 0.2) is 66.2 Å². The van der Waals surface area contributed by atoms with E-state index in [0.29, 0.717) is 5.92 Å². The summed E-state index contributed by atoms with van der Waals surface area (Å²) in [5.74, 6) is 0.580. The van der Waals surface area contributed by atoms with Gasteiger partial charge in [-0.25, -0.2) is 0 Å². The Labute approximate surface area is 203 Å². The molecule has 0 fully saturated rings. The third kappa shape index (κ3) is 4.88. The number of rotatable bonds is 6. The zero-order valence-electron chi connectivity index (χ0n) is 21.7. The van der Waals surface area contributed by atoms with E-state index >= 15 is 0 Å². The van der Waals surface area contributed by atoms with Crippen molar-refractivity contribution in [1.29, 1.82) is 0 Å². The van der Waals surface area contributed by atoms with E-state index in [0.717, 1.165) is 0 Å². The molecule has 1 unspecified atom stereocenters. The minimum absolute atomic E-state index is 0.580. The molecule has 0 bridgehead atoms. The number of allylic oxidation sites excluding steroid dienone is 1. The number of fused-ring (bicyclic) bond motifs is 1. The highest BCUT2D eigenvalue weighted by molar-refractivity contribution is 6.91. The molecule has 0 nitrogen and oxygen atoms in total. The van der Waals surface area contributed by atoms with Gasteiger partial charge in [-0.3, -0.25) is 0 Å². The first kappa shape index (κ1) is 24.0. The molecular formula is C31H39Si2. The van der Waals surface area contributed by atoms with Crippen LogP contribution < -0.4 is 10.4 Å². The molecule has 1 aliphatic rings. The van der Waals surface area contributed by atoms with Crippen LogP contribution in [0.3, 0.4) is 0 Å². The summed E-state index contributed by atoms with van der Waals surface area (Å²) in [6.07, 6.45) is 6.06. The standard InChI is InChI=1S/C31H39Si2/c1-9-22(2)25-17-24-15-16-29(23-13-11-10-12-14-23)31(30(24)20-25)26-18-27(32(3,4)5)21-28(19-26)33(6,7)8/h10-22H,9H2,1-8H3. The summed E-state index contributed by atoms with van der Waals surface area (Å²) in [4.78, 5) is 0. The summed E-state index contributed by atoms with van der Waals surface area (Å²) in [7, 11) is -2.94. The van der Waals surface area contributed by atoms with Gasteiger partial charge >= 0.3 is 0 Å². The van der Waals surface area contributed by atoms with Gasteiger partial charge in [0.05, 0.1) is 16.1 Å². The molecule has 3 aromatic carbocycles. The SMILES string of the molecule is CCC(C)C1=Cc2c(ccc(-c3ccccc3)c2-c2cc([Si](C)(C)C)cc([Si](C)(C)C)c2)[CH]1. The summed E-state index contributed by atoms with van der Waals surface area (Å²) in [6, 6.07) is 23.2. The predicted octanol–water partition coefficient (Wildman–Crippen LogP) is 8.11. The number of benzene rings is 3. The Balaban J connectivity index is 2.05. The molecule has 3 aromatic rings. The van der Waals surface area contributed by atoms with Crippen molar-refractivity contribution in [2.45, 2.75) is 59.6 Å². The predicted molar refractivity (Wildman–Crippen MR) is 154 cm³/mol. The third-order valence-corrected chi connectivity index (χ3v) is 11.2. The van der Waals surface area contributed by atoms with Crippen LogP contribution in [0.2, 0.25) is 39.3 Å². The lowest BCUT2D eigenvalue weighted by atomic mass is 9.89. The van der Waals surface area contributed by atoms with Crippen LogP contribution >= 0.6 is 0 Å². The van der Waals surface area contributed by atoms with E-state index in [4.69, 9.17) is 0 Å². The van der Waals surface area contributed by atoms with E-state index in [1.165, 1.54) is 45.4 Å². The van der Waals surface area contributed by atoms with Crippen LogP contribution in [-0.4, -0.2) is 16.1 Å². The molecule has 0 amide bonds. The molecule has 1 radical (unpaired) electrons. The van der Waals surface area contributed by atoms with Crippen molar-refractivity contribution in [3.63, 3.8) is 0 Å². The highest BCUT2D eigenvalue weighted by atomic mass is 28.3. The lowest BCUT2D eigenvalue weighted by molar-refractivity contribution is 0.669.